The average molecular weight is 349 g/mol. The van der Waals surface area contributed by atoms with Gasteiger partial charge in [-0.05, 0) is 30.2 Å². The van der Waals surface area contributed by atoms with Gasteiger partial charge in [0.2, 0.25) is 0 Å². The maximum atomic E-state index is 11.8. The van der Waals surface area contributed by atoms with Crippen molar-refractivity contribution in [1.82, 2.24) is 0 Å². The number of ketones is 1. The SMILES string of the molecule is CCCCCCl.O=C(/C=C/c1ccc(Cl)cc1)c1ccccc1. The monoisotopic (exact) mass is 348 g/mol. The fourth-order valence-corrected chi connectivity index (χ4v) is 2.10. The molecule has 2 aromatic carbocycles. The van der Waals surface area contributed by atoms with Crippen molar-refractivity contribution in [1.29, 1.82) is 0 Å². The molecule has 0 aliphatic carbocycles. The van der Waals surface area contributed by atoms with Crippen molar-refractivity contribution < 1.29 is 4.79 Å². The zero-order valence-electron chi connectivity index (χ0n) is 13.3. The van der Waals surface area contributed by atoms with Crippen molar-refractivity contribution in [2.75, 3.05) is 5.88 Å². The molecular weight excluding hydrogens is 327 g/mol. The Labute approximate surface area is 148 Å². The number of rotatable bonds is 6. The Morgan fingerprint density at radius 3 is 2.17 bits per heavy atom. The third-order valence-corrected chi connectivity index (χ3v) is 3.61. The number of halogens is 2. The summed E-state index contributed by atoms with van der Waals surface area (Å²) >= 11 is 11.2. The lowest BCUT2D eigenvalue weighted by Gasteiger charge is -1.95. The van der Waals surface area contributed by atoms with Crippen LogP contribution in [0.4, 0.5) is 0 Å². The summed E-state index contributed by atoms with van der Waals surface area (Å²) in [6.07, 6.45) is 7.08. The van der Waals surface area contributed by atoms with E-state index >= 15 is 0 Å². The van der Waals surface area contributed by atoms with Crippen LogP contribution in [0.3, 0.4) is 0 Å². The van der Waals surface area contributed by atoms with Gasteiger partial charge in [-0.2, -0.15) is 0 Å². The standard InChI is InChI=1S/C15H11ClO.C5H11Cl/c16-14-9-6-12(7-10-14)8-11-15(17)13-4-2-1-3-5-13;1-2-3-4-5-6/h1-11H;2-5H2,1H3/b11-8+;. The zero-order chi connectivity index (χ0) is 16.9. The van der Waals surface area contributed by atoms with Gasteiger partial charge in [0, 0.05) is 16.5 Å². The molecule has 1 nitrogen and oxygen atoms in total. The van der Waals surface area contributed by atoms with Crippen molar-refractivity contribution >= 4 is 35.1 Å². The molecule has 0 aliphatic heterocycles. The van der Waals surface area contributed by atoms with Crippen LogP contribution in [0.5, 0.6) is 0 Å². The van der Waals surface area contributed by atoms with Crippen LogP contribution in [0.1, 0.15) is 42.1 Å². The lowest BCUT2D eigenvalue weighted by molar-refractivity contribution is 0.104. The highest BCUT2D eigenvalue weighted by atomic mass is 35.5. The molecule has 0 bridgehead atoms. The third-order valence-electron chi connectivity index (χ3n) is 3.09. The molecule has 0 atom stereocenters. The van der Waals surface area contributed by atoms with E-state index in [1.54, 1.807) is 36.4 Å². The Balaban J connectivity index is 0.000000379. The molecule has 0 aliphatic rings. The summed E-state index contributed by atoms with van der Waals surface area (Å²) in [6, 6.07) is 16.5. The van der Waals surface area contributed by atoms with Gasteiger partial charge >= 0.3 is 0 Å². The molecule has 0 heterocycles. The number of allylic oxidation sites excluding steroid dienone is 1. The second-order valence-electron chi connectivity index (χ2n) is 5.01. The lowest BCUT2D eigenvalue weighted by atomic mass is 10.1. The van der Waals surface area contributed by atoms with Crippen LogP contribution in [0.15, 0.2) is 60.7 Å². The Bertz CT molecular complexity index is 585. The van der Waals surface area contributed by atoms with Gasteiger partial charge in [0.25, 0.3) is 0 Å². The summed E-state index contributed by atoms with van der Waals surface area (Å²) < 4.78 is 0. The second-order valence-corrected chi connectivity index (χ2v) is 5.83. The minimum atomic E-state index is 0.000509. The van der Waals surface area contributed by atoms with Crippen LogP contribution >= 0.6 is 23.2 Å². The molecule has 2 aromatic rings. The number of unbranched alkanes of at least 4 members (excludes halogenated alkanes) is 2. The second kappa shape index (κ2) is 11.9. The Morgan fingerprint density at radius 1 is 1.00 bits per heavy atom. The van der Waals surface area contributed by atoms with Gasteiger partial charge in [-0.25, -0.2) is 0 Å². The van der Waals surface area contributed by atoms with Gasteiger partial charge in [-0.1, -0.05) is 79.9 Å². The molecule has 2 rings (SSSR count). The number of alkyl halides is 1. The van der Waals surface area contributed by atoms with Crippen LogP contribution < -0.4 is 0 Å². The fourth-order valence-electron chi connectivity index (χ4n) is 1.79. The Kier molecular flexibility index (Phi) is 10.1. The van der Waals surface area contributed by atoms with E-state index in [0.29, 0.717) is 10.6 Å². The van der Waals surface area contributed by atoms with E-state index in [-0.39, 0.29) is 5.78 Å². The summed E-state index contributed by atoms with van der Waals surface area (Å²) in [5, 5.41) is 0.691. The molecule has 0 spiro atoms. The van der Waals surface area contributed by atoms with Gasteiger partial charge in [0.1, 0.15) is 0 Å². The van der Waals surface area contributed by atoms with Gasteiger partial charge in [-0.15, -0.1) is 11.6 Å². The van der Waals surface area contributed by atoms with Crippen LogP contribution in [0, 0.1) is 0 Å². The third kappa shape index (κ3) is 8.59. The molecule has 3 heteroatoms. The van der Waals surface area contributed by atoms with Crippen molar-refractivity contribution in [3.8, 4) is 0 Å². The minimum absolute atomic E-state index is 0.000509. The van der Waals surface area contributed by atoms with Crippen molar-refractivity contribution in [2.24, 2.45) is 0 Å². The van der Waals surface area contributed by atoms with Gasteiger partial charge in [0.05, 0.1) is 0 Å². The first-order valence-corrected chi connectivity index (χ1v) is 8.67. The normalized spacial score (nSPS) is 10.2. The highest BCUT2D eigenvalue weighted by Gasteiger charge is 1.99. The molecular formula is C20H22Cl2O. The summed E-state index contributed by atoms with van der Waals surface area (Å²) in [7, 11) is 0. The van der Waals surface area contributed by atoms with E-state index in [2.05, 4.69) is 6.92 Å². The number of benzene rings is 2. The summed E-state index contributed by atoms with van der Waals surface area (Å²) in [6.45, 7) is 2.17. The Morgan fingerprint density at radius 2 is 1.65 bits per heavy atom. The molecule has 0 unspecified atom stereocenters. The van der Waals surface area contributed by atoms with Gasteiger partial charge in [0.15, 0.2) is 5.78 Å². The quantitative estimate of drug-likeness (QED) is 0.247. The molecule has 122 valence electrons. The van der Waals surface area contributed by atoms with Crippen LogP contribution in [-0.2, 0) is 0 Å². The summed E-state index contributed by atoms with van der Waals surface area (Å²) in [4.78, 5) is 11.8. The largest absolute Gasteiger partial charge is 0.289 e. The first kappa shape index (κ1) is 19.5. The van der Waals surface area contributed by atoms with Crippen LogP contribution in [0.2, 0.25) is 5.02 Å². The Hall–Kier alpha value is -1.57. The number of carbonyl (C=O) groups excluding carboxylic acids is 1. The van der Waals surface area contributed by atoms with E-state index < -0.39 is 0 Å². The molecule has 23 heavy (non-hydrogen) atoms. The van der Waals surface area contributed by atoms with Crippen molar-refractivity contribution in [3.05, 3.63) is 76.8 Å². The molecule has 0 saturated heterocycles. The summed E-state index contributed by atoms with van der Waals surface area (Å²) in [5.41, 5.74) is 1.65. The van der Waals surface area contributed by atoms with E-state index in [4.69, 9.17) is 23.2 Å². The highest BCUT2D eigenvalue weighted by Crippen LogP contribution is 2.11. The molecule has 0 aromatic heterocycles. The molecule has 0 amide bonds. The minimum Gasteiger partial charge on any atom is -0.289 e. The first-order valence-electron chi connectivity index (χ1n) is 7.76. The topological polar surface area (TPSA) is 17.1 Å². The molecule has 0 N–H and O–H groups in total. The molecule has 0 saturated carbocycles. The van der Waals surface area contributed by atoms with Crippen LogP contribution in [-0.4, -0.2) is 11.7 Å². The summed E-state index contributed by atoms with van der Waals surface area (Å²) in [5.74, 6) is 0.828. The lowest BCUT2D eigenvalue weighted by Crippen LogP contribution is -1.92. The predicted molar refractivity (Wildman–Crippen MR) is 102 cm³/mol. The maximum Gasteiger partial charge on any atom is 0.185 e. The number of hydrogen-bond donors (Lipinski definition) is 0. The van der Waals surface area contributed by atoms with Gasteiger partial charge in [-0.3, -0.25) is 4.79 Å². The zero-order valence-corrected chi connectivity index (χ0v) is 14.9. The smallest absolute Gasteiger partial charge is 0.185 e. The predicted octanol–water partition coefficient (Wildman–Crippen LogP) is 6.65. The van der Waals surface area contributed by atoms with E-state index in [9.17, 15) is 4.79 Å². The number of carbonyl (C=O) groups is 1. The van der Waals surface area contributed by atoms with E-state index in [0.717, 1.165) is 11.4 Å². The number of hydrogen-bond acceptors (Lipinski definition) is 1. The van der Waals surface area contributed by atoms with E-state index in [1.807, 2.05) is 30.3 Å². The van der Waals surface area contributed by atoms with Crippen molar-refractivity contribution in [2.45, 2.75) is 26.2 Å². The van der Waals surface area contributed by atoms with Gasteiger partial charge < -0.3 is 0 Å². The molecule has 0 fully saturated rings. The molecule has 0 radical (unpaired) electrons. The maximum absolute atomic E-state index is 11.8. The van der Waals surface area contributed by atoms with Crippen molar-refractivity contribution in [3.63, 3.8) is 0 Å². The fraction of sp³-hybridized carbons (Fsp3) is 0.250. The van der Waals surface area contributed by atoms with E-state index in [1.165, 1.54) is 19.3 Å². The average Bonchev–Trinajstić information content (AvgIpc) is 2.60. The highest BCUT2D eigenvalue weighted by molar-refractivity contribution is 6.30. The first-order chi connectivity index (χ1) is 11.2. The van der Waals surface area contributed by atoms with Crippen LogP contribution in [0.25, 0.3) is 6.08 Å².